The van der Waals surface area contributed by atoms with Crippen molar-refractivity contribution in [3.63, 3.8) is 0 Å². The average Bonchev–Trinajstić information content (AvgIpc) is 2.88. The lowest BCUT2D eigenvalue weighted by Gasteiger charge is -2.42. The van der Waals surface area contributed by atoms with Crippen LogP contribution in [0, 0.1) is 0 Å². The van der Waals surface area contributed by atoms with Gasteiger partial charge in [-0.2, -0.15) is 0 Å². The van der Waals surface area contributed by atoms with Gasteiger partial charge in [0.05, 0.1) is 0 Å². The number of hydrogen-bond donors (Lipinski definition) is 0. The molecule has 178 valence electrons. The second kappa shape index (κ2) is 9.75. The predicted octanol–water partition coefficient (Wildman–Crippen LogP) is 7.58. The largest absolute Gasteiger partial charge is 0.0622 e. The molecule has 0 saturated heterocycles. The van der Waals surface area contributed by atoms with E-state index in [4.69, 9.17) is 0 Å². The van der Waals surface area contributed by atoms with Crippen molar-refractivity contribution in [2.45, 2.75) is 64.2 Å². The number of rotatable bonds is 6. The summed E-state index contributed by atoms with van der Waals surface area (Å²) in [6, 6.07) is 38.6. The predicted molar refractivity (Wildman–Crippen MR) is 154 cm³/mol. The first-order valence-corrected chi connectivity index (χ1v) is 14.3. The van der Waals surface area contributed by atoms with Crippen molar-refractivity contribution in [3.8, 4) is 0 Å². The van der Waals surface area contributed by atoms with Crippen molar-refractivity contribution in [1.29, 1.82) is 0 Å². The highest BCUT2D eigenvalue weighted by Crippen LogP contribution is 2.46. The van der Waals surface area contributed by atoms with Crippen LogP contribution in [0.25, 0.3) is 0 Å². The first kappa shape index (κ1) is 24.0. The molecule has 0 spiro atoms. The third-order valence-corrected chi connectivity index (χ3v) is 10.4. The minimum absolute atomic E-state index is 0.258. The molecule has 0 N–H and O–H groups in total. The zero-order valence-corrected chi connectivity index (χ0v) is 22.5. The van der Waals surface area contributed by atoms with E-state index in [0.717, 1.165) is 12.8 Å². The first-order valence-electron chi connectivity index (χ1n) is 13.0. The second-order valence-electron chi connectivity index (χ2n) is 11.3. The van der Waals surface area contributed by atoms with Gasteiger partial charge in [-0.15, -0.1) is 0 Å². The third kappa shape index (κ3) is 5.00. The van der Waals surface area contributed by atoms with Crippen molar-refractivity contribution in [2.24, 2.45) is 0 Å². The zero-order chi connectivity index (χ0) is 24.5. The van der Waals surface area contributed by atoms with Crippen LogP contribution in [-0.2, 0) is 23.7 Å². The summed E-state index contributed by atoms with van der Waals surface area (Å²) in [7, 11) is -0.583. The van der Waals surface area contributed by atoms with Crippen LogP contribution < -0.4 is 15.9 Å². The summed E-state index contributed by atoms with van der Waals surface area (Å²) >= 11 is 0. The van der Waals surface area contributed by atoms with E-state index in [1.807, 2.05) is 0 Å². The lowest BCUT2D eigenvalue weighted by molar-refractivity contribution is 0.331. The highest BCUT2D eigenvalue weighted by Gasteiger charge is 2.36. The van der Waals surface area contributed by atoms with E-state index >= 15 is 0 Å². The zero-order valence-electron chi connectivity index (χ0n) is 21.6. The van der Waals surface area contributed by atoms with E-state index < -0.39 is 7.92 Å². The molecule has 0 heterocycles. The molecule has 0 nitrogen and oxygen atoms in total. The molecule has 1 aliphatic carbocycles. The van der Waals surface area contributed by atoms with Gasteiger partial charge in [-0.3, -0.25) is 0 Å². The minimum atomic E-state index is -0.583. The Hall–Kier alpha value is -2.69. The van der Waals surface area contributed by atoms with Crippen LogP contribution in [0.4, 0.5) is 0 Å². The molecule has 35 heavy (non-hydrogen) atoms. The van der Waals surface area contributed by atoms with Gasteiger partial charge in [-0.05, 0) is 82.6 Å². The molecule has 0 aromatic heterocycles. The number of hydrogen-bond acceptors (Lipinski definition) is 0. The van der Waals surface area contributed by atoms with Gasteiger partial charge < -0.3 is 0 Å². The third-order valence-electron chi connectivity index (χ3n) is 7.86. The maximum Gasteiger partial charge on any atom is -0.0100 e. The van der Waals surface area contributed by atoms with Crippen LogP contribution in [0.15, 0.2) is 103 Å². The van der Waals surface area contributed by atoms with Crippen molar-refractivity contribution in [1.82, 2.24) is 0 Å². The fourth-order valence-electron chi connectivity index (χ4n) is 5.59. The van der Waals surface area contributed by atoms with E-state index in [-0.39, 0.29) is 10.8 Å². The molecular weight excluding hydrogens is 439 g/mol. The van der Waals surface area contributed by atoms with E-state index in [9.17, 15) is 0 Å². The van der Waals surface area contributed by atoms with Gasteiger partial charge >= 0.3 is 0 Å². The van der Waals surface area contributed by atoms with Crippen molar-refractivity contribution >= 4 is 23.8 Å². The van der Waals surface area contributed by atoms with Gasteiger partial charge in [0.2, 0.25) is 0 Å². The van der Waals surface area contributed by atoms with Crippen molar-refractivity contribution in [2.75, 3.05) is 0 Å². The number of fused-ring (bicyclic) bond motifs is 1. The molecule has 0 amide bonds. The van der Waals surface area contributed by atoms with E-state index in [1.54, 1.807) is 11.1 Å². The van der Waals surface area contributed by atoms with Gasteiger partial charge in [0.15, 0.2) is 0 Å². The molecule has 4 aromatic rings. The van der Waals surface area contributed by atoms with E-state index in [0.29, 0.717) is 0 Å². The molecule has 0 bridgehead atoms. The van der Waals surface area contributed by atoms with Crippen LogP contribution in [0.5, 0.6) is 0 Å². The Kier molecular flexibility index (Phi) is 6.69. The maximum atomic E-state index is 2.52. The second-order valence-corrected chi connectivity index (χ2v) is 13.5. The topological polar surface area (TPSA) is 0 Å². The van der Waals surface area contributed by atoms with Gasteiger partial charge in [0.1, 0.15) is 0 Å². The lowest BCUT2D eigenvalue weighted by atomic mass is 9.63. The van der Waals surface area contributed by atoms with Gasteiger partial charge in [0, 0.05) is 0 Å². The SMILES string of the molecule is CC1(C)CCC(C)(C)c2cc(CCc3ccccc3P(c3ccccc3)c3ccccc3)ccc21. The summed E-state index contributed by atoms with van der Waals surface area (Å²) in [6.45, 7) is 9.67. The number of benzene rings is 4. The first-order chi connectivity index (χ1) is 16.9. The van der Waals surface area contributed by atoms with Gasteiger partial charge in [-0.1, -0.05) is 131 Å². The molecule has 1 heteroatoms. The smallest absolute Gasteiger partial charge is 0.0100 e. The summed E-state index contributed by atoms with van der Waals surface area (Å²) in [6.07, 6.45) is 4.67. The minimum Gasteiger partial charge on any atom is -0.0622 e. The highest BCUT2D eigenvalue weighted by atomic mass is 31.1. The van der Waals surface area contributed by atoms with Crippen LogP contribution in [0.2, 0.25) is 0 Å². The molecule has 0 saturated carbocycles. The highest BCUT2D eigenvalue weighted by molar-refractivity contribution is 7.79. The standard InChI is InChI=1S/C34H37P/c1-33(2)23-24-34(3,4)31-25-26(20-22-30(31)33)19-21-27-13-11-12-18-32(27)35(28-14-7-5-8-15-28)29-16-9-6-10-17-29/h5-18,20,22,25H,19,21,23-24H2,1-4H3. The van der Waals surface area contributed by atoms with Crippen LogP contribution >= 0.6 is 7.92 Å². The Balaban J connectivity index is 1.48. The van der Waals surface area contributed by atoms with E-state index in [2.05, 4.69) is 131 Å². The maximum absolute atomic E-state index is 2.52. The quantitative estimate of drug-likeness (QED) is 0.252. The van der Waals surface area contributed by atoms with Crippen molar-refractivity contribution < 1.29 is 0 Å². The summed E-state index contributed by atoms with van der Waals surface area (Å²) < 4.78 is 0. The Morgan fingerprint density at radius 2 is 1.11 bits per heavy atom. The molecule has 0 aliphatic heterocycles. The lowest BCUT2D eigenvalue weighted by Crippen LogP contribution is -2.33. The molecule has 1 aliphatic rings. The summed E-state index contributed by atoms with van der Waals surface area (Å²) in [5.74, 6) is 0. The molecule has 4 aromatic carbocycles. The van der Waals surface area contributed by atoms with Gasteiger partial charge in [0.25, 0.3) is 0 Å². The fourth-order valence-corrected chi connectivity index (χ4v) is 8.10. The molecule has 0 radical (unpaired) electrons. The molecule has 0 unspecified atom stereocenters. The van der Waals surface area contributed by atoms with Crippen LogP contribution in [0.1, 0.15) is 62.8 Å². The Labute approximate surface area is 213 Å². The summed E-state index contributed by atoms with van der Waals surface area (Å²) in [5, 5.41) is 4.32. The molecule has 5 rings (SSSR count). The van der Waals surface area contributed by atoms with Crippen LogP contribution in [-0.4, -0.2) is 0 Å². The Bertz CT molecular complexity index is 1250. The monoisotopic (exact) mass is 476 g/mol. The summed E-state index contributed by atoms with van der Waals surface area (Å²) in [5.41, 5.74) is 6.59. The Morgan fingerprint density at radius 1 is 0.571 bits per heavy atom. The van der Waals surface area contributed by atoms with Crippen molar-refractivity contribution in [3.05, 3.63) is 125 Å². The number of aryl methyl sites for hydroxylation is 2. The van der Waals surface area contributed by atoms with Gasteiger partial charge in [-0.25, -0.2) is 0 Å². The average molecular weight is 477 g/mol. The van der Waals surface area contributed by atoms with E-state index in [1.165, 1.54) is 39.9 Å². The Morgan fingerprint density at radius 3 is 1.74 bits per heavy atom. The molecular formula is C34H37P. The summed E-state index contributed by atoms with van der Waals surface area (Å²) in [4.78, 5) is 0. The molecule has 0 fully saturated rings. The molecule has 0 atom stereocenters. The fraction of sp³-hybridized carbons (Fsp3) is 0.294. The normalized spacial score (nSPS) is 16.1. The van der Waals surface area contributed by atoms with Crippen LogP contribution in [0.3, 0.4) is 0 Å².